The molecular weight excluding hydrogens is 245 g/mol. The molecule has 0 aliphatic heterocycles. The molecule has 0 aliphatic carbocycles. The van der Waals surface area contributed by atoms with Gasteiger partial charge in [-0.05, 0) is 25.1 Å². The number of fused-ring (bicyclic) bond motifs is 1. The van der Waals surface area contributed by atoms with E-state index in [1.807, 2.05) is 0 Å². The van der Waals surface area contributed by atoms with Gasteiger partial charge in [-0.15, -0.1) is 0 Å². The molecule has 0 N–H and O–H groups in total. The third-order valence-electron chi connectivity index (χ3n) is 2.57. The Morgan fingerprint density at radius 3 is 2.82 bits per heavy atom. The summed E-state index contributed by atoms with van der Waals surface area (Å²) in [6.45, 7) is 2.03. The van der Waals surface area contributed by atoms with Crippen molar-refractivity contribution < 1.29 is 13.9 Å². The number of ether oxygens (including phenoxy) is 1. The van der Waals surface area contributed by atoms with Gasteiger partial charge in [0.15, 0.2) is 0 Å². The molecule has 0 amide bonds. The lowest BCUT2D eigenvalue weighted by Crippen LogP contribution is -2.09. The van der Waals surface area contributed by atoms with Crippen molar-refractivity contribution in [2.75, 3.05) is 6.61 Å². The molecule has 3 nitrogen and oxygen atoms in total. The first-order chi connectivity index (χ1) is 8.04. The first kappa shape index (κ1) is 11.9. The summed E-state index contributed by atoms with van der Waals surface area (Å²) in [6.07, 6.45) is 0. The molecular formula is C12H11ClFNO2. The summed E-state index contributed by atoms with van der Waals surface area (Å²) in [7, 11) is 1.71. The molecule has 2 aromatic rings. The normalized spacial score (nSPS) is 10.8. The Balaban J connectivity index is 2.60. The van der Waals surface area contributed by atoms with E-state index in [4.69, 9.17) is 16.3 Å². The van der Waals surface area contributed by atoms with Gasteiger partial charge in [-0.2, -0.15) is 0 Å². The molecule has 0 saturated carbocycles. The fraction of sp³-hybridized carbons (Fsp3) is 0.250. The number of carbonyl (C=O) groups is 1. The van der Waals surface area contributed by atoms with Crippen molar-refractivity contribution in [1.82, 2.24) is 4.57 Å². The molecule has 0 aliphatic rings. The van der Waals surface area contributed by atoms with Gasteiger partial charge in [-0.3, -0.25) is 0 Å². The number of hydrogen-bond donors (Lipinski definition) is 0. The van der Waals surface area contributed by atoms with E-state index >= 15 is 0 Å². The smallest absolute Gasteiger partial charge is 0.354 e. The van der Waals surface area contributed by atoms with Gasteiger partial charge in [-0.25, -0.2) is 9.18 Å². The van der Waals surface area contributed by atoms with Gasteiger partial charge >= 0.3 is 5.97 Å². The van der Waals surface area contributed by atoms with Crippen LogP contribution in [0, 0.1) is 5.82 Å². The number of halogens is 2. The first-order valence-corrected chi connectivity index (χ1v) is 5.54. The molecule has 5 heteroatoms. The summed E-state index contributed by atoms with van der Waals surface area (Å²) >= 11 is 5.71. The van der Waals surface area contributed by atoms with Crippen molar-refractivity contribution in [3.63, 3.8) is 0 Å². The number of benzene rings is 1. The summed E-state index contributed by atoms with van der Waals surface area (Å²) in [4.78, 5) is 11.6. The Hall–Kier alpha value is -1.55. The molecule has 0 unspecified atom stereocenters. The minimum absolute atomic E-state index is 0.0362. The molecule has 0 saturated heterocycles. The van der Waals surface area contributed by atoms with Crippen molar-refractivity contribution in [1.29, 1.82) is 0 Å². The van der Waals surface area contributed by atoms with Crippen LogP contribution >= 0.6 is 11.6 Å². The Morgan fingerprint density at radius 2 is 2.18 bits per heavy atom. The average molecular weight is 256 g/mol. The van der Waals surface area contributed by atoms with E-state index in [9.17, 15) is 9.18 Å². The summed E-state index contributed by atoms with van der Waals surface area (Å²) in [5.41, 5.74) is 1.07. The van der Waals surface area contributed by atoms with Crippen molar-refractivity contribution in [2.45, 2.75) is 6.92 Å². The molecule has 2 rings (SSSR count). The van der Waals surface area contributed by atoms with Gasteiger partial charge in [0.05, 0.1) is 17.1 Å². The lowest BCUT2D eigenvalue weighted by molar-refractivity contribution is 0.0516. The van der Waals surface area contributed by atoms with Crippen LogP contribution in [-0.4, -0.2) is 17.1 Å². The predicted molar refractivity (Wildman–Crippen MR) is 63.8 cm³/mol. The summed E-state index contributed by atoms with van der Waals surface area (Å²) in [6, 6.07) is 4.39. The first-order valence-electron chi connectivity index (χ1n) is 5.16. The van der Waals surface area contributed by atoms with Crippen LogP contribution in [0.2, 0.25) is 5.02 Å². The Bertz CT molecular complexity index is 592. The molecule has 0 atom stereocenters. The van der Waals surface area contributed by atoms with Crippen molar-refractivity contribution >= 4 is 28.5 Å². The highest BCUT2D eigenvalue weighted by Gasteiger charge is 2.15. The van der Waals surface area contributed by atoms with Crippen LogP contribution in [0.5, 0.6) is 0 Å². The van der Waals surface area contributed by atoms with Crippen LogP contribution in [0.25, 0.3) is 10.9 Å². The second-order valence-electron chi connectivity index (χ2n) is 3.63. The standard InChI is InChI=1S/C12H11ClFNO2/c1-3-17-12(16)11-5-7-4-9(14)8(13)6-10(7)15(11)2/h4-6H,3H2,1-2H3. The average Bonchev–Trinajstić information content (AvgIpc) is 2.58. The van der Waals surface area contributed by atoms with Gasteiger partial charge in [0.2, 0.25) is 0 Å². The van der Waals surface area contributed by atoms with Crippen LogP contribution < -0.4 is 0 Å². The third kappa shape index (κ3) is 2.00. The molecule has 1 aromatic carbocycles. The zero-order valence-electron chi connectivity index (χ0n) is 9.46. The molecule has 17 heavy (non-hydrogen) atoms. The van der Waals surface area contributed by atoms with E-state index in [-0.39, 0.29) is 5.02 Å². The molecule has 1 aromatic heterocycles. The molecule has 90 valence electrons. The number of aryl methyl sites for hydroxylation is 1. The number of rotatable bonds is 2. The maximum absolute atomic E-state index is 13.3. The van der Waals surface area contributed by atoms with Gasteiger partial charge in [0, 0.05) is 12.4 Å². The maximum Gasteiger partial charge on any atom is 0.354 e. The Kier molecular flexibility index (Phi) is 3.07. The van der Waals surface area contributed by atoms with Gasteiger partial charge in [-0.1, -0.05) is 11.6 Å². The molecule has 0 spiro atoms. The fourth-order valence-corrected chi connectivity index (χ4v) is 1.89. The number of hydrogen-bond acceptors (Lipinski definition) is 2. The van der Waals surface area contributed by atoms with E-state index in [1.165, 1.54) is 12.1 Å². The van der Waals surface area contributed by atoms with E-state index in [2.05, 4.69) is 0 Å². The monoisotopic (exact) mass is 255 g/mol. The zero-order valence-corrected chi connectivity index (χ0v) is 10.2. The molecule has 0 bridgehead atoms. The number of esters is 1. The van der Waals surface area contributed by atoms with Crippen LogP contribution in [0.4, 0.5) is 4.39 Å². The predicted octanol–water partition coefficient (Wildman–Crippen LogP) is 3.15. The minimum Gasteiger partial charge on any atom is -0.461 e. The second-order valence-corrected chi connectivity index (χ2v) is 4.04. The van der Waals surface area contributed by atoms with E-state index < -0.39 is 11.8 Å². The van der Waals surface area contributed by atoms with E-state index in [1.54, 1.807) is 24.6 Å². The fourth-order valence-electron chi connectivity index (χ4n) is 1.73. The topological polar surface area (TPSA) is 31.2 Å². The molecule has 0 radical (unpaired) electrons. The van der Waals surface area contributed by atoms with Crippen molar-refractivity contribution in [2.24, 2.45) is 7.05 Å². The number of nitrogens with zero attached hydrogens (tertiary/aromatic N) is 1. The van der Waals surface area contributed by atoms with Crippen LogP contribution in [0.1, 0.15) is 17.4 Å². The van der Waals surface area contributed by atoms with Gasteiger partial charge < -0.3 is 9.30 Å². The number of carbonyl (C=O) groups excluding carboxylic acids is 1. The molecule has 1 heterocycles. The van der Waals surface area contributed by atoms with E-state index in [0.29, 0.717) is 23.2 Å². The molecule has 0 fully saturated rings. The third-order valence-corrected chi connectivity index (χ3v) is 2.86. The lowest BCUT2D eigenvalue weighted by Gasteiger charge is -2.03. The summed E-state index contributed by atoms with van der Waals surface area (Å²) in [5.74, 6) is -0.928. The van der Waals surface area contributed by atoms with Crippen LogP contribution in [0.3, 0.4) is 0 Å². The Morgan fingerprint density at radius 1 is 1.47 bits per heavy atom. The lowest BCUT2D eigenvalue weighted by atomic mass is 10.2. The van der Waals surface area contributed by atoms with Gasteiger partial charge in [0.25, 0.3) is 0 Å². The SMILES string of the molecule is CCOC(=O)c1cc2cc(F)c(Cl)cc2n1C. The van der Waals surface area contributed by atoms with Crippen LogP contribution in [-0.2, 0) is 11.8 Å². The largest absolute Gasteiger partial charge is 0.461 e. The zero-order chi connectivity index (χ0) is 12.6. The van der Waals surface area contributed by atoms with Crippen molar-refractivity contribution in [3.8, 4) is 0 Å². The van der Waals surface area contributed by atoms with E-state index in [0.717, 1.165) is 0 Å². The highest BCUT2D eigenvalue weighted by atomic mass is 35.5. The van der Waals surface area contributed by atoms with Gasteiger partial charge in [0.1, 0.15) is 11.5 Å². The quantitative estimate of drug-likeness (QED) is 0.772. The summed E-state index contributed by atoms with van der Waals surface area (Å²) < 4.78 is 19.8. The highest BCUT2D eigenvalue weighted by molar-refractivity contribution is 6.31. The summed E-state index contributed by atoms with van der Waals surface area (Å²) in [5, 5.41) is 0.659. The second kappa shape index (κ2) is 4.37. The maximum atomic E-state index is 13.3. The van der Waals surface area contributed by atoms with Crippen LogP contribution in [0.15, 0.2) is 18.2 Å². The van der Waals surface area contributed by atoms with Crippen molar-refractivity contribution in [3.05, 3.63) is 34.7 Å². The highest BCUT2D eigenvalue weighted by Crippen LogP contribution is 2.25. The number of aromatic nitrogens is 1. The Labute approximate surface area is 103 Å². The minimum atomic E-state index is -0.500.